The van der Waals surface area contributed by atoms with E-state index in [1.54, 1.807) is 18.2 Å². The minimum atomic E-state index is 0.165. The van der Waals surface area contributed by atoms with Crippen molar-refractivity contribution < 1.29 is 9.59 Å². The Labute approximate surface area is 242 Å². The van der Waals surface area contributed by atoms with Gasteiger partial charge in [-0.2, -0.15) is 5.26 Å². The van der Waals surface area contributed by atoms with E-state index in [0.717, 1.165) is 46.1 Å². The highest BCUT2D eigenvalue weighted by Crippen LogP contribution is 2.43. The van der Waals surface area contributed by atoms with E-state index >= 15 is 0 Å². The average Bonchev–Trinajstić information content (AvgIpc) is 3.91. The maximum absolute atomic E-state index is 12.3. The number of hydrogen-bond donors (Lipinski definition) is 2. The third-order valence-electron chi connectivity index (χ3n) is 7.49. The molecule has 1 aliphatic heterocycles. The van der Waals surface area contributed by atoms with Crippen molar-refractivity contribution in [1.82, 2.24) is 19.4 Å². The van der Waals surface area contributed by atoms with E-state index in [4.69, 9.17) is 21.8 Å². The van der Waals surface area contributed by atoms with Crippen LogP contribution in [-0.2, 0) is 16.1 Å². The van der Waals surface area contributed by atoms with Crippen LogP contribution in [0.1, 0.15) is 72.7 Å². The molecular weight excluding hydrogens is 540 g/mol. The molecule has 11 heteroatoms. The Bertz CT molecular complexity index is 1650. The lowest BCUT2D eigenvalue weighted by Crippen LogP contribution is -2.24. The second-order valence-corrected chi connectivity index (χ2v) is 11.0. The molecule has 0 radical (unpaired) electrons. The Morgan fingerprint density at radius 2 is 1.88 bits per heavy atom. The maximum atomic E-state index is 12.3. The Morgan fingerprint density at radius 1 is 1.07 bits per heavy atom. The predicted octanol–water partition coefficient (Wildman–Crippen LogP) is 5.40. The van der Waals surface area contributed by atoms with Crippen LogP contribution in [0.2, 0.25) is 5.02 Å². The summed E-state index contributed by atoms with van der Waals surface area (Å²) in [5.41, 5.74) is 5.72. The fourth-order valence-corrected chi connectivity index (χ4v) is 5.30. The van der Waals surface area contributed by atoms with Gasteiger partial charge in [-0.1, -0.05) is 11.6 Å². The van der Waals surface area contributed by atoms with E-state index < -0.39 is 0 Å². The molecule has 3 aromatic heterocycles. The number of benzene rings is 1. The second kappa shape index (κ2) is 11.6. The van der Waals surface area contributed by atoms with Crippen LogP contribution < -0.4 is 15.5 Å². The van der Waals surface area contributed by atoms with Gasteiger partial charge in [0.05, 0.1) is 29.6 Å². The molecule has 0 spiro atoms. The molecule has 10 nitrogen and oxygen atoms in total. The number of nitrogens with zero attached hydrogens (tertiary/aromatic N) is 6. The molecule has 1 aromatic carbocycles. The number of anilines is 3. The highest BCUT2D eigenvalue weighted by Gasteiger charge is 2.29. The third kappa shape index (κ3) is 6.15. The lowest BCUT2D eigenvalue weighted by Gasteiger charge is -2.17. The van der Waals surface area contributed by atoms with Crippen LogP contribution in [0.5, 0.6) is 0 Å². The molecule has 3 aliphatic rings. The minimum absolute atomic E-state index is 0.165. The van der Waals surface area contributed by atoms with Crippen molar-refractivity contribution in [1.29, 1.82) is 5.26 Å². The first-order valence-corrected chi connectivity index (χ1v) is 14.2. The zero-order valence-corrected chi connectivity index (χ0v) is 23.1. The Hall–Kier alpha value is -4.49. The first-order chi connectivity index (χ1) is 20.0. The quantitative estimate of drug-likeness (QED) is 0.272. The van der Waals surface area contributed by atoms with Crippen LogP contribution in [0.3, 0.4) is 0 Å². The van der Waals surface area contributed by atoms with Crippen LogP contribution in [0.4, 0.5) is 17.3 Å². The molecular formula is C30H29ClN8O2. The fourth-order valence-electron chi connectivity index (χ4n) is 5.12. The Kier molecular flexibility index (Phi) is 7.53. The number of hydrogen-bond acceptors (Lipinski definition) is 7. The van der Waals surface area contributed by atoms with Crippen molar-refractivity contribution in [2.24, 2.45) is 0 Å². The van der Waals surface area contributed by atoms with E-state index in [9.17, 15) is 9.59 Å². The highest BCUT2D eigenvalue weighted by molar-refractivity contribution is 6.30. The number of nitrogens with one attached hydrogen (secondary N) is 2. The SMILES string of the molecule is N#Cc1ccc(Cl)cc1C1CC1.O=CNc1cc(NCc2cn3cc(C4CC4)cc(N4CCCC4=O)c3n2)ncn1. The standard InChI is InChI=1S/C20H21N7O2.C10H8ClN/c28-12-24-18-7-17(22-11-23-18)21-8-15-10-26-9-14(13-3-4-13)6-16(20(26)25-15)27-5-1-2-19(27)29;11-9-4-3-8(6-12)10(5-9)7-1-2-7/h6-7,9-13H,1-5,8H2,(H2,21,22,23,24,28);3-5,7H,1-2H2. The average molecular weight is 569 g/mol. The van der Waals surface area contributed by atoms with Crippen molar-refractivity contribution in [3.63, 3.8) is 0 Å². The summed E-state index contributed by atoms with van der Waals surface area (Å²) < 4.78 is 2.03. The predicted molar refractivity (Wildman–Crippen MR) is 156 cm³/mol. The zero-order chi connectivity index (χ0) is 28.3. The molecule has 2 amide bonds. The molecule has 0 unspecified atom stereocenters. The van der Waals surface area contributed by atoms with Crippen molar-refractivity contribution in [3.8, 4) is 6.07 Å². The highest BCUT2D eigenvalue weighted by atomic mass is 35.5. The van der Waals surface area contributed by atoms with Crippen molar-refractivity contribution in [2.45, 2.75) is 56.9 Å². The van der Waals surface area contributed by atoms with Gasteiger partial charge in [0, 0.05) is 36.4 Å². The van der Waals surface area contributed by atoms with Gasteiger partial charge in [-0.25, -0.2) is 15.0 Å². The molecule has 2 saturated carbocycles. The molecule has 0 atom stereocenters. The summed E-state index contributed by atoms with van der Waals surface area (Å²) in [6.45, 7) is 1.21. The van der Waals surface area contributed by atoms with Gasteiger partial charge in [0.1, 0.15) is 18.0 Å². The Balaban J connectivity index is 0.000000210. The van der Waals surface area contributed by atoms with Gasteiger partial charge in [-0.15, -0.1) is 0 Å². The van der Waals surface area contributed by atoms with E-state index in [-0.39, 0.29) is 5.91 Å². The van der Waals surface area contributed by atoms with Crippen LogP contribution >= 0.6 is 11.6 Å². The summed E-state index contributed by atoms with van der Waals surface area (Å²) >= 11 is 5.84. The summed E-state index contributed by atoms with van der Waals surface area (Å²) in [6.07, 6.45) is 12.4. The summed E-state index contributed by atoms with van der Waals surface area (Å²) in [6, 6.07) is 11.5. The van der Waals surface area contributed by atoms with Gasteiger partial charge >= 0.3 is 0 Å². The number of carbonyl (C=O) groups excluding carboxylic acids is 2. The minimum Gasteiger partial charge on any atom is -0.364 e. The summed E-state index contributed by atoms with van der Waals surface area (Å²) in [4.78, 5) is 37.7. The topological polar surface area (TPSA) is 128 Å². The molecule has 2 N–H and O–H groups in total. The molecule has 2 aliphatic carbocycles. The van der Waals surface area contributed by atoms with Crippen molar-refractivity contribution >= 4 is 46.9 Å². The molecule has 41 heavy (non-hydrogen) atoms. The normalized spacial score (nSPS) is 16.2. The number of fused-ring (bicyclic) bond motifs is 1. The molecule has 1 saturated heterocycles. The van der Waals surface area contributed by atoms with Gasteiger partial charge in [0.15, 0.2) is 5.65 Å². The number of rotatable bonds is 8. The number of nitriles is 1. The molecule has 4 aromatic rings. The Morgan fingerprint density at radius 3 is 2.59 bits per heavy atom. The first kappa shape index (κ1) is 26.7. The summed E-state index contributed by atoms with van der Waals surface area (Å²) in [7, 11) is 0. The monoisotopic (exact) mass is 568 g/mol. The van der Waals surface area contributed by atoms with Gasteiger partial charge < -0.3 is 19.9 Å². The largest absolute Gasteiger partial charge is 0.364 e. The fraction of sp³-hybridized carbons (Fsp3) is 0.333. The van der Waals surface area contributed by atoms with Gasteiger partial charge in [0.2, 0.25) is 12.3 Å². The lowest BCUT2D eigenvalue weighted by molar-refractivity contribution is -0.117. The van der Waals surface area contributed by atoms with Crippen LogP contribution in [0.15, 0.2) is 49.1 Å². The first-order valence-electron chi connectivity index (χ1n) is 13.8. The van der Waals surface area contributed by atoms with Crippen LogP contribution in [0, 0.1) is 11.3 Å². The van der Waals surface area contributed by atoms with Crippen LogP contribution in [-0.4, -0.2) is 38.2 Å². The van der Waals surface area contributed by atoms with E-state index in [1.807, 2.05) is 21.6 Å². The van der Waals surface area contributed by atoms with Crippen molar-refractivity contribution in [3.05, 3.63) is 76.5 Å². The number of pyridine rings is 1. The second-order valence-electron chi connectivity index (χ2n) is 10.6. The summed E-state index contributed by atoms with van der Waals surface area (Å²) in [5, 5.41) is 15.2. The van der Waals surface area contributed by atoms with Crippen molar-refractivity contribution in [2.75, 3.05) is 22.1 Å². The molecule has 4 heterocycles. The molecule has 3 fully saturated rings. The van der Waals surface area contributed by atoms with Gasteiger partial charge in [-0.3, -0.25) is 9.59 Å². The van der Waals surface area contributed by atoms with E-state index in [2.05, 4.69) is 38.9 Å². The number of aromatic nitrogens is 4. The third-order valence-corrected chi connectivity index (χ3v) is 7.73. The lowest BCUT2D eigenvalue weighted by atomic mass is 10.0. The molecule has 208 valence electrons. The smallest absolute Gasteiger partial charge is 0.227 e. The number of imidazole rings is 1. The summed E-state index contributed by atoms with van der Waals surface area (Å²) in [5.74, 6) is 2.37. The molecule has 0 bridgehead atoms. The number of halogens is 1. The number of amides is 2. The van der Waals surface area contributed by atoms with Crippen LogP contribution in [0.25, 0.3) is 5.65 Å². The van der Waals surface area contributed by atoms with E-state index in [1.165, 1.54) is 37.6 Å². The molecule has 7 rings (SSSR count). The maximum Gasteiger partial charge on any atom is 0.227 e. The number of carbonyl (C=O) groups is 2. The van der Waals surface area contributed by atoms with Gasteiger partial charge in [0.25, 0.3) is 0 Å². The van der Waals surface area contributed by atoms with E-state index in [0.29, 0.717) is 42.8 Å². The van der Waals surface area contributed by atoms with Gasteiger partial charge in [-0.05, 0) is 79.3 Å². The zero-order valence-electron chi connectivity index (χ0n) is 22.4.